The number of carbonyl (C=O) groups excluding carboxylic acids is 1. The number of carbonyl (C=O) groups is 1. The topological polar surface area (TPSA) is 89.2 Å². The molecule has 1 aromatic heterocycles. The van der Waals surface area contributed by atoms with Gasteiger partial charge in [0.25, 0.3) is 0 Å². The number of aliphatic hydroxyl groups is 1. The molecule has 1 aromatic rings. The van der Waals surface area contributed by atoms with Gasteiger partial charge in [0.15, 0.2) is 0 Å². The van der Waals surface area contributed by atoms with Crippen LogP contribution >= 0.6 is 0 Å². The van der Waals surface area contributed by atoms with Crippen LogP contribution in [0, 0.1) is 5.92 Å². The molecule has 0 radical (unpaired) electrons. The first-order valence-corrected chi connectivity index (χ1v) is 9.18. The third kappa shape index (κ3) is 4.03. The summed E-state index contributed by atoms with van der Waals surface area (Å²) in [6, 6.07) is 0. The highest BCUT2D eigenvalue weighted by Gasteiger charge is 2.36. The highest BCUT2D eigenvalue weighted by Crippen LogP contribution is 2.37. The number of hydrogen-bond donors (Lipinski definition) is 2. The highest BCUT2D eigenvalue weighted by molar-refractivity contribution is 5.78. The number of hydrogen-bond acceptors (Lipinski definition) is 4. The number of amides is 1. The first-order chi connectivity index (χ1) is 12.0. The Morgan fingerprint density at radius 1 is 1.36 bits per heavy atom. The highest BCUT2D eigenvalue weighted by atomic mass is 16.3. The van der Waals surface area contributed by atoms with Crippen molar-refractivity contribution in [2.24, 2.45) is 20.0 Å². The normalized spacial score (nSPS) is 26.5. The molecule has 2 aliphatic rings. The van der Waals surface area contributed by atoms with Gasteiger partial charge < -0.3 is 10.4 Å². The van der Waals surface area contributed by atoms with Gasteiger partial charge in [-0.2, -0.15) is 5.10 Å². The standard InChI is InChI=1S/C18H28N4O3/c1-21-17(20-22(2)18(21)25)13-9-14(15(23)10-13)11-19-16(24)8-12-6-4-3-5-7-12/h6,13-15,23H,3-5,7-11H2,1-2H3,(H,19,24)/t13-,14+,15+/m0/s1. The quantitative estimate of drug-likeness (QED) is 0.776. The average molecular weight is 348 g/mol. The summed E-state index contributed by atoms with van der Waals surface area (Å²) in [5, 5.41) is 17.6. The van der Waals surface area contributed by atoms with E-state index < -0.39 is 6.10 Å². The van der Waals surface area contributed by atoms with E-state index in [1.165, 1.54) is 23.1 Å². The van der Waals surface area contributed by atoms with Crippen LogP contribution in [-0.4, -0.2) is 38.0 Å². The van der Waals surface area contributed by atoms with Crippen LogP contribution in [0.1, 0.15) is 56.7 Å². The summed E-state index contributed by atoms with van der Waals surface area (Å²) < 4.78 is 2.88. The van der Waals surface area contributed by atoms with Crippen LogP contribution < -0.4 is 11.0 Å². The Morgan fingerprint density at radius 3 is 2.80 bits per heavy atom. The first-order valence-electron chi connectivity index (χ1n) is 9.18. The monoisotopic (exact) mass is 348 g/mol. The molecule has 0 bridgehead atoms. The van der Waals surface area contributed by atoms with E-state index in [9.17, 15) is 14.7 Å². The van der Waals surface area contributed by atoms with Gasteiger partial charge in [0.1, 0.15) is 5.82 Å². The maximum absolute atomic E-state index is 12.1. The minimum Gasteiger partial charge on any atom is -0.393 e. The molecule has 1 heterocycles. The van der Waals surface area contributed by atoms with Gasteiger partial charge in [-0.1, -0.05) is 11.6 Å². The van der Waals surface area contributed by atoms with Crippen LogP contribution in [0.3, 0.4) is 0 Å². The summed E-state index contributed by atoms with van der Waals surface area (Å²) >= 11 is 0. The van der Waals surface area contributed by atoms with E-state index in [4.69, 9.17) is 0 Å². The number of aliphatic hydroxyl groups excluding tert-OH is 1. The molecule has 0 unspecified atom stereocenters. The predicted octanol–water partition coefficient (Wildman–Crippen LogP) is 0.980. The molecule has 138 valence electrons. The number of nitrogens with one attached hydrogen (secondary N) is 1. The maximum atomic E-state index is 12.1. The zero-order valence-electron chi connectivity index (χ0n) is 15.1. The summed E-state index contributed by atoms with van der Waals surface area (Å²) in [6.45, 7) is 0.477. The summed E-state index contributed by atoms with van der Waals surface area (Å²) in [4.78, 5) is 24.0. The number of rotatable bonds is 5. The molecule has 0 aromatic carbocycles. The van der Waals surface area contributed by atoms with E-state index in [1.807, 2.05) is 0 Å². The first kappa shape index (κ1) is 17.9. The molecule has 0 spiro atoms. The second kappa shape index (κ2) is 7.56. The minimum atomic E-state index is -0.476. The van der Waals surface area contributed by atoms with Crippen molar-refractivity contribution in [2.75, 3.05) is 6.54 Å². The molecule has 1 fully saturated rings. The van der Waals surface area contributed by atoms with E-state index in [2.05, 4.69) is 16.5 Å². The summed E-state index contributed by atoms with van der Waals surface area (Å²) in [5.74, 6) is 0.810. The van der Waals surface area contributed by atoms with E-state index in [-0.39, 0.29) is 23.4 Å². The number of aryl methyl sites for hydroxylation is 1. The van der Waals surface area contributed by atoms with Crippen LogP contribution in [0.5, 0.6) is 0 Å². The smallest absolute Gasteiger partial charge is 0.345 e. The van der Waals surface area contributed by atoms with Gasteiger partial charge >= 0.3 is 5.69 Å². The molecule has 0 saturated heterocycles. The average Bonchev–Trinajstić information content (AvgIpc) is 3.08. The molecule has 25 heavy (non-hydrogen) atoms. The summed E-state index contributed by atoms with van der Waals surface area (Å²) in [7, 11) is 3.35. The molecule has 2 N–H and O–H groups in total. The fourth-order valence-corrected chi connectivity index (χ4v) is 4.05. The number of allylic oxidation sites excluding steroid dienone is 1. The van der Waals surface area contributed by atoms with Gasteiger partial charge in [-0.05, 0) is 38.5 Å². The van der Waals surface area contributed by atoms with Crippen LogP contribution in [0.4, 0.5) is 0 Å². The Morgan fingerprint density at radius 2 is 2.16 bits per heavy atom. The molecule has 2 aliphatic carbocycles. The summed E-state index contributed by atoms with van der Waals surface area (Å²) in [5.41, 5.74) is 1.08. The Labute approximate surface area is 147 Å². The maximum Gasteiger partial charge on any atom is 0.345 e. The van der Waals surface area contributed by atoms with Crippen molar-refractivity contribution in [2.45, 2.75) is 57.0 Å². The lowest BCUT2D eigenvalue weighted by Gasteiger charge is -2.16. The van der Waals surface area contributed by atoms with E-state index in [0.717, 1.165) is 19.3 Å². The van der Waals surface area contributed by atoms with E-state index in [1.54, 1.807) is 18.7 Å². The molecule has 0 aliphatic heterocycles. The van der Waals surface area contributed by atoms with E-state index >= 15 is 0 Å². The molecule has 3 atom stereocenters. The minimum absolute atomic E-state index is 0.00592. The molecule has 7 nitrogen and oxygen atoms in total. The second-order valence-corrected chi connectivity index (χ2v) is 7.41. The van der Waals surface area contributed by atoms with Crippen molar-refractivity contribution < 1.29 is 9.90 Å². The van der Waals surface area contributed by atoms with Crippen molar-refractivity contribution in [1.82, 2.24) is 19.7 Å². The molecule has 7 heteroatoms. The van der Waals surface area contributed by atoms with Crippen molar-refractivity contribution in [3.8, 4) is 0 Å². The van der Waals surface area contributed by atoms with Gasteiger partial charge in [-0.3, -0.25) is 9.36 Å². The van der Waals surface area contributed by atoms with Crippen molar-refractivity contribution >= 4 is 5.91 Å². The van der Waals surface area contributed by atoms with Gasteiger partial charge in [0.2, 0.25) is 5.91 Å². The lowest BCUT2D eigenvalue weighted by atomic mass is 9.97. The Bertz CT molecular complexity index is 718. The lowest BCUT2D eigenvalue weighted by Crippen LogP contribution is -2.32. The van der Waals surface area contributed by atoms with Crippen molar-refractivity contribution in [1.29, 1.82) is 0 Å². The third-order valence-electron chi connectivity index (χ3n) is 5.52. The van der Waals surface area contributed by atoms with Crippen LogP contribution in [-0.2, 0) is 18.9 Å². The van der Waals surface area contributed by atoms with Gasteiger partial charge in [0, 0.05) is 38.9 Å². The van der Waals surface area contributed by atoms with Gasteiger partial charge in [-0.15, -0.1) is 0 Å². The summed E-state index contributed by atoms with van der Waals surface area (Å²) in [6.07, 6.45) is 7.98. The van der Waals surface area contributed by atoms with Crippen molar-refractivity contribution in [3.05, 3.63) is 28.0 Å². The zero-order valence-corrected chi connectivity index (χ0v) is 15.1. The SMILES string of the molecule is Cn1nc([C@H]2C[C@H](CNC(=O)CC3=CCCCC3)[C@H](O)C2)n(C)c1=O. The van der Waals surface area contributed by atoms with Crippen LogP contribution in [0.2, 0.25) is 0 Å². The largest absolute Gasteiger partial charge is 0.393 e. The fourth-order valence-electron chi connectivity index (χ4n) is 4.05. The van der Waals surface area contributed by atoms with Crippen LogP contribution in [0.15, 0.2) is 16.4 Å². The molecule has 3 rings (SSSR count). The fraction of sp³-hybridized carbons (Fsp3) is 0.722. The molecular formula is C18H28N4O3. The molecular weight excluding hydrogens is 320 g/mol. The van der Waals surface area contributed by atoms with Crippen LogP contribution in [0.25, 0.3) is 0 Å². The second-order valence-electron chi connectivity index (χ2n) is 7.41. The Balaban J connectivity index is 1.53. The van der Waals surface area contributed by atoms with Gasteiger partial charge in [-0.25, -0.2) is 9.48 Å². The lowest BCUT2D eigenvalue weighted by molar-refractivity contribution is -0.120. The zero-order chi connectivity index (χ0) is 18.0. The third-order valence-corrected chi connectivity index (χ3v) is 5.52. The number of nitrogens with zero attached hydrogens (tertiary/aromatic N) is 3. The molecule has 1 saturated carbocycles. The van der Waals surface area contributed by atoms with Gasteiger partial charge in [0.05, 0.1) is 6.10 Å². The Hall–Kier alpha value is -1.89. The molecule has 1 amide bonds. The predicted molar refractivity (Wildman–Crippen MR) is 94.1 cm³/mol. The van der Waals surface area contributed by atoms with E-state index in [0.29, 0.717) is 25.2 Å². The Kier molecular flexibility index (Phi) is 5.42. The van der Waals surface area contributed by atoms with Crippen molar-refractivity contribution in [3.63, 3.8) is 0 Å². The number of aromatic nitrogens is 3.